The highest BCUT2D eigenvalue weighted by Gasteiger charge is 2.40. The minimum absolute atomic E-state index is 0.755. The largest absolute Gasteiger partial charge is 0.487 e. The first-order valence-electron chi connectivity index (χ1n) is 7.66. The first kappa shape index (κ1) is 13.0. The van der Waals surface area contributed by atoms with Gasteiger partial charge in [0.25, 0.3) is 0 Å². The van der Waals surface area contributed by atoms with Crippen LogP contribution in [0.4, 0.5) is 0 Å². The van der Waals surface area contributed by atoms with Gasteiger partial charge in [0.15, 0.2) is 10.2 Å². The number of rotatable bonds is 3. The van der Waals surface area contributed by atoms with E-state index in [0.29, 0.717) is 0 Å². The Morgan fingerprint density at radius 2 is 2.23 bits per heavy atom. The van der Waals surface area contributed by atoms with E-state index in [0.717, 1.165) is 24.1 Å². The Bertz CT molecular complexity index is 832. The quantitative estimate of drug-likeness (QED) is 0.834. The van der Waals surface area contributed by atoms with Crippen molar-refractivity contribution in [3.63, 3.8) is 0 Å². The average Bonchev–Trinajstić information content (AvgIpc) is 2.98. The summed E-state index contributed by atoms with van der Waals surface area (Å²) in [5.41, 5.74) is 2.77. The van der Waals surface area contributed by atoms with Crippen LogP contribution in [0.3, 0.4) is 0 Å². The number of benzene rings is 1. The third-order valence-corrected chi connectivity index (χ3v) is 6.86. The van der Waals surface area contributed by atoms with Crippen LogP contribution in [0.15, 0.2) is 34.2 Å². The van der Waals surface area contributed by atoms with E-state index >= 15 is 0 Å². The van der Waals surface area contributed by atoms with Gasteiger partial charge in [-0.05, 0) is 30.2 Å². The smallest absolute Gasteiger partial charge is 0.174 e. The number of hydrogen-bond donors (Lipinski definition) is 0. The summed E-state index contributed by atoms with van der Waals surface area (Å²) >= 11 is 3.65. The number of thioether (sulfide) groups is 1. The molecule has 1 aromatic carbocycles. The first-order valence-corrected chi connectivity index (χ1v) is 9.29. The van der Waals surface area contributed by atoms with Gasteiger partial charge in [-0.1, -0.05) is 41.3 Å². The molecule has 0 saturated heterocycles. The van der Waals surface area contributed by atoms with Crippen molar-refractivity contribution < 1.29 is 4.74 Å². The number of amidine groups is 1. The normalized spacial score (nSPS) is 20.8. The van der Waals surface area contributed by atoms with Crippen LogP contribution in [0.2, 0.25) is 0 Å². The highest BCUT2D eigenvalue weighted by Crippen LogP contribution is 2.53. The van der Waals surface area contributed by atoms with Crippen LogP contribution >= 0.6 is 23.1 Å². The standard InChI is InChI=1S/C17H16N2OS2/c1-20-13-9-11-3-2-4-12(15(11)21-13)14-16(10-5-6-10)22-17-18-7-8-19(14)17/h2-4,9-10H,5-8H2,1H3. The van der Waals surface area contributed by atoms with Crippen molar-refractivity contribution in [1.82, 2.24) is 4.90 Å². The Hall–Kier alpha value is -1.46. The fourth-order valence-electron chi connectivity index (χ4n) is 3.23. The number of nitrogens with zero attached hydrogens (tertiary/aromatic N) is 2. The van der Waals surface area contributed by atoms with E-state index in [1.165, 1.54) is 39.4 Å². The molecule has 1 fully saturated rings. The molecule has 3 nitrogen and oxygen atoms in total. The number of thiophene rings is 1. The minimum Gasteiger partial charge on any atom is -0.487 e. The maximum Gasteiger partial charge on any atom is 0.174 e. The monoisotopic (exact) mass is 328 g/mol. The van der Waals surface area contributed by atoms with Gasteiger partial charge in [0.1, 0.15) is 0 Å². The lowest BCUT2D eigenvalue weighted by molar-refractivity contribution is 0.427. The molecule has 0 spiro atoms. The Morgan fingerprint density at radius 1 is 1.32 bits per heavy atom. The zero-order chi connectivity index (χ0) is 14.7. The Morgan fingerprint density at radius 3 is 3.05 bits per heavy atom. The van der Waals surface area contributed by atoms with Crippen LogP contribution in [0, 0.1) is 5.92 Å². The van der Waals surface area contributed by atoms with E-state index in [-0.39, 0.29) is 0 Å². The summed E-state index contributed by atoms with van der Waals surface area (Å²) in [6.45, 7) is 1.94. The topological polar surface area (TPSA) is 24.8 Å². The van der Waals surface area contributed by atoms with Crippen LogP contribution in [-0.2, 0) is 0 Å². The van der Waals surface area contributed by atoms with Crippen molar-refractivity contribution in [2.75, 3.05) is 20.2 Å². The molecule has 1 aliphatic carbocycles. The third-order valence-electron chi connectivity index (χ3n) is 4.43. The van der Waals surface area contributed by atoms with Gasteiger partial charge in [-0.3, -0.25) is 4.99 Å². The van der Waals surface area contributed by atoms with Crippen molar-refractivity contribution >= 4 is 44.0 Å². The van der Waals surface area contributed by atoms with Gasteiger partial charge in [-0.15, -0.1) is 0 Å². The first-order chi connectivity index (χ1) is 10.8. The zero-order valence-corrected chi connectivity index (χ0v) is 14.0. The molecule has 1 aromatic heterocycles. The summed E-state index contributed by atoms with van der Waals surface area (Å²) in [5.74, 6) is 0.755. The molecule has 0 atom stereocenters. The molecular weight excluding hydrogens is 312 g/mol. The molecule has 0 bridgehead atoms. The van der Waals surface area contributed by atoms with Gasteiger partial charge in [0, 0.05) is 21.7 Å². The molecule has 1 saturated carbocycles. The molecule has 0 N–H and O–H groups in total. The zero-order valence-electron chi connectivity index (χ0n) is 12.3. The van der Waals surface area contributed by atoms with E-state index < -0.39 is 0 Å². The highest BCUT2D eigenvalue weighted by molar-refractivity contribution is 8.17. The Balaban J connectivity index is 1.73. The Kier molecular flexibility index (Phi) is 2.82. The van der Waals surface area contributed by atoms with Crippen LogP contribution in [0.1, 0.15) is 18.4 Å². The van der Waals surface area contributed by atoms with Gasteiger partial charge in [-0.2, -0.15) is 0 Å². The number of methoxy groups -OCH3 is 1. The summed E-state index contributed by atoms with van der Waals surface area (Å²) in [6.07, 6.45) is 2.66. The van der Waals surface area contributed by atoms with Gasteiger partial charge in [-0.25, -0.2) is 0 Å². The lowest BCUT2D eigenvalue weighted by atomic mass is 10.1. The summed E-state index contributed by atoms with van der Waals surface area (Å²) < 4.78 is 6.78. The molecule has 0 amide bonds. The van der Waals surface area contributed by atoms with E-state index in [1.807, 2.05) is 11.8 Å². The number of ether oxygens (including phenoxy) is 1. The molecule has 0 unspecified atom stereocenters. The molecule has 5 heteroatoms. The van der Waals surface area contributed by atoms with Gasteiger partial charge >= 0.3 is 0 Å². The molecule has 0 radical (unpaired) electrons. The predicted octanol–water partition coefficient (Wildman–Crippen LogP) is 4.41. The molecule has 112 valence electrons. The van der Waals surface area contributed by atoms with Crippen LogP contribution in [0.25, 0.3) is 15.8 Å². The fraction of sp³-hybridized carbons (Fsp3) is 0.353. The van der Waals surface area contributed by atoms with Crippen LogP contribution < -0.4 is 4.74 Å². The maximum absolute atomic E-state index is 5.45. The number of aliphatic imine (C=N–C) groups is 1. The fourth-order valence-corrected chi connectivity index (χ4v) is 5.58. The summed E-state index contributed by atoms with van der Waals surface area (Å²) in [6, 6.07) is 8.74. The summed E-state index contributed by atoms with van der Waals surface area (Å²) in [5, 5.41) is 3.46. The lowest BCUT2D eigenvalue weighted by Gasteiger charge is -2.18. The SMILES string of the molecule is COc1cc2cccc(C3=C(C4CC4)SC4=NCCN43)c2s1. The van der Waals surface area contributed by atoms with Gasteiger partial charge in [0.2, 0.25) is 0 Å². The van der Waals surface area contributed by atoms with E-state index in [2.05, 4.69) is 34.2 Å². The second-order valence-electron chi connectivity index (χ2n) is 5.90. The van der Waals surface area contributed by atoms with Gasteiger partial charge < -0.3 is 9.64 Å². The molecule has 3 heterocycles. The number of allylic oxidation sites excluding steroid dienone is 1. The Labute approximate surface area is 137 Å². The molecule has 2 aliphatic heterocycles. The van der Waals surface area contributed by atoms with Crippen molar-refractivity contribution in [3.8, 4) is 5.06 Å². The molecular formula is C17H16N2OS2. The molecule has 22 heavy (non-hydrogen) atoms. The number of fused-ring (bicyclic) bond motifs is 2. The van der Waals surface area contributed by atoms with Crippen LogP contribution in [-0.4, -0.2) is 30.3 Å². The molecule has 5 rings (SSSR count). The summed E-state index contributed by atoms with van der Waals surface area (Å²) in [4.78, 5) is 8.65. The van der Waals surface area contributed by atoms with Gasteiger partial charge in [0.05, 0.1) is 19.4 Å². The minimum atomic E-state index is 0.755. The van der Waals surface area contributed by atoms with Crippen molar-refractivity contribution in [1.29, 1.82) is 0 Å². The van der Waals surface area contributed by atoms with Crippen molar-refractivity contribution in [2.24, 2.45) is 10.9 Å². The maximum atomic E-state index is 5.45. The van der Waals surface area contributed by atoms with Crippen molar-refractivity contribution in [3.05, 3.63) is 34.7 Å². The van der Waals surface area contributed by atoms with E-state index in [9.17, 15) is 0 Å². The van der Waals surface area contributed by atoms with E-state index in [1.54, 1.807) is 23.4 Å². The predicted molar refractivity (Wildman–Crippen MR) is 94.6 cm³/mol. The third kappa shape index (κ3) is 1.85. The average molecular weight is 328 g/mol. The highest BCUT2D eigenvalue weighted by atomic mass is 32.2. The van der Waals surface area contributed by atoms with E-state index in [4.69, 9.17) is 4.74 Å². The lowest BCUT2D eigenvalue weighted by Crippen LogP contribution is -2.20. The second kappa shape index (κ2) is 4.77. The van der Waals surface area contributed by atoms with Crippen LogP contribution in [0.5, 0.6) is 5.06 Å². The molecule has 3 aliphatic rings. The van der Waals surface area contributed by atoms with Crippen molar-refractivity contribution in [2.45, 2.75) is 12.8 Å². The second-order valence-corrected chi connectivity index (χ2v) is 7.92. The molecule has 2 aromatic rings. The number of hydrogen-bond acceptors (Lipinski definition) is 5. The summed E-state index contributed by atoms with van der Waals surface area (Å²) in [7, 11) is 1.75.